The van der Waals surface area contributed by atoms with Crippen molar-refractivity contribution in [1.29, 1.82) is 0 Å². The van der Waals surface area contributed by atoms with Gasteiger partial charge in [-0.05, 0) is 29.7 Å². The fourth-order valence-corrected chi connectivity index (χ4v) is 1.91. The quantitative estimate of drug-likeness (QED) is 0.428. The minimum Gasteiger partial charge on any atom is -0.293 e. The van der Waals surface area contributed by atoms with Crippen molar-refractivity contribution in [3.8, 4) is 11.1 Å². The maximum Gasteiger partial charge on any atom is 0.373 e. The molecule has 2 rings (SSSR count). The van der Waals surface area contributed by atoms with Crippen LogP contribution in [0.25, 0.3) is 11.1 Å². The first-order valence-electron chi connectivity index (χ1n) is 7.10. The lowest BCUT2D eigenvalue weighted by atomic mass is 10.0. The van der Waals surface area contributed by atoms with Crippen LogP contribution in [0.1, 0.15) is 29.6 Å². The monoisotopic (exact) mass is 283 g/mol. The molecule has 0 saturated carbocycles. The molecule has 0 unspecified atom stereocenters. The van der Waals surface area contributed by atoms with Crippen molar-refractivity contribution in [2.75, 3.05) is 6.61 Å². The van der Waals surface area contributed by atoms with E-state index in [1.54, 1.807) is 12.1 Å². The molecule has 0 spiro atoms. The van der Waals surface area contributed by atoms with Gasteiger partial charge in [0.15, 0.2) is 0 Å². The van der Waals surface area contributed by atoms with Crippen LogP contribution in [0.3, 0.4) is 0 Å². The summed E-state index contributed by atoms with van der Waals surface area (Å²) in [6.45, 7) is 4.14. The SMILES string of the molecule is [CH2]CCCCOOC(=O)c1ccc(-c2ccccc2)cc1. The largest absolute Gasteiger partial charge is 0.373 e. The normalized spacial score (nSPS) is 10.3. The van der Waals surface area contributed by atoms with E-state index in [4.69, 9.17) is 9.78 Å². The smallest absolute Gasteiger partial charge is 0.293 e. The molecule has 3 heteroatoms. The van der Waals surface area contributed by atoms with Crippen molar-refractivity contribution in [3.05, 3.63) is 67.1 Å². The summed E-state index contributed by atoms with van der Waals surface area (Å²) in [7, 11) is 0. The van der Waals surface area contributed by atoms with Crippen LogP contribution >= 0.6 is 0 Å². The molecule has 0 bridgehead atoms. The molecule has 2 aromatic rings. The first-order valence-corrected chi connectivity index (χ1v) is 7.10. The summed E-state index contributed by atoms with van der Waals surface area (Å²) in [5.74, 6) is -0.468. The second kappa shape index (κ2) is 8.22. The zero-order chi connectivity index (χ0) is 14.9. The van der Waals surface area contributed by atoms with Gasteiger partial charge < -0.3 is 0 Å². The second-order valence-electron chi connectivity index (χ2n) is 4.70. The summed E-state index contributed by atoms with van der Waals surface area (Å²) in [5, 5.41) is 0. The highest BCUT2D eigenvalue weighted by molar-refractivity contribution is 5.89. The average Bonchev–Trinajstić information content (AvgIpc) is 2.55. The number of rotatable bonds is 7. The van der Waals surface area contributed by atoms with Crippen molar-refractivity contribution in [2.45, 2.75) is 19.3 Å². The Labute approximate surface area is 125 Å². The van der Waals surface area contributed by atoms with E-state index in [1.165, 1.54) is 0 Å². The van der Waals surface area contributed by atoms with Gasteiger partial charge in [-0.1, -0.05) is 62.2 Å². The van der Waals surface area contributed by atoms with E-state index in [-0.39, 0.29) is 0 Å². The maximum absolute atomic E-state index is 11.8. The Morgan fingerprint density at radius 3 is 2.24 bits per heavy atom. The van der Waals surface area contributed by atoms with Gasteiger partial charge in [0.1, 0.15) is 0 Å². The zero-order valence-corrected chi connectivity index (χ0v) is 12.0. The highest BCUT2D eigenvalue weighted by atomic mass is 17.2. The van der Waals surface area contributed by atoms with Gasteiger partial charge in [0, 0.05) is 0 Å². The van der Waals surface area contributed by atoms with Crippen molar-refractivity contribution in [2.24, 2.45) is 0 Å². The van der Waals surface area contributed by atoms with E-state index in [0.29, 0.717) is 12.2 Å². The molecule has 0 amide bonds. The molecule has 109 valence electrons. The molecule has 0 fully saturated rings. The van der Waals surface area contributed by atoms with Gasteiger partial charge in [-0.3, -0.25) is 4.89 Å². The van der Waals surface area contributed by atoms with E-state index in [1.807, 2.05) is 42.5 Å². The number of unbranched alkanes of at least 4 members (excludes halogenated alkanes) is 2. The molecule has 0 aliphatic rings. The first kappa shape index (κ1) is 15.3. The molecule has 21 heavy (non-hydrogen) atoms. The molecule has 0 atom stereocenters. The molecular weight excluding hydrogens is 264 g/mol. The lowest BCUT2D eigenvalue weighted by Crippen LogP contribution is -2.06. The van der Waals surface area contributed by atoms with Gasteiger partial charge in [-0.25, -0.2) is 4.79 Å². The fourth-order valence-electron chi connectivity index (χ4n) is 1.91. The number of benzene rings is 2. The topological polar surface area (TPSA) is 35.5 Å². The summed E-state index contributed by atoms with van der Waals surface area (Å²) in [5.41, 5.74) is 2.65. The highest BCUT2D eigenvalue weighted by Crippen LogP contribution is 2.19. The number of hydrogen-bond donors (Lipinski definition) is 0. The van der Waals surface area contributed by atoms with Crippen molar-refractivity contribution < 1.29 is 14.6 Å². The third-order valence-corrected chi connectivity index (χ3v) is 3.09. The van der Waals surface area contributed by atoms with E-state index in [9.17, 15) is 4.79 Å². The molecular formula is C18H19O3. The molecule has 0 N–H and O–H groups in total. The van der Waals surface area contributed by atoms with E-state index >= 15 is 0 Å². The molecule has 0 heterocycles. The lowest BCUT2D eigenvalue weighted by Gasteiger charge is -2.05. The van der Waals surface area contributed by atoms with Gasteiger partial charge in [0.05, 0.1) is 12.2 Å². The van der Waals surface area contributed by atoms with Gasteiger partial charge in [0.25, 0.3) is 0 Å². The minimum absolute atomic E-state index is 0.406. The standard InChI is InChI=1S/C18H19O3/c1-2-3-7-14-20-21-18(19)17-12-10-16(11-13-17)15-8-5-4-6-9-15/h4-6,8-13H,1-3,7,14H2. The molecule has 2 aromatic carbocycles. The maximum atomic E-state index is 11.8. The Balaban J connectivity index is 1.88. The zero-order valence-electron chi connectivity index (χ0n) is 12.0. The van der Waals surface area contributed by atoms with E-state index < -0.39 is 5.97 Å². The fraction of sp³-hybridized carbons (Fsp3) is 0.222. The van der Waals surface area contributed by atoms with E-state index in [2.05, 4.69) is 6.92 Å². The van der Waals surface area contributed by atoms with Gasteiger partial charge in [-0.15, -0.1) is 0 Å². The van der Waals surface area contributed by atoms with Crippen LogP contribution in [0.2, 0.25) is 0 Å². The van der Waals surface area contributed by atoms with Gasteiger partial charge >= 0.3 is 5.97 Å². The molecule has 0 aliphatic heterocycles. The van der Waals surface area contributed by atoms with Crippen LogP contribution < -0.4 is 0 Å². The predicted molar refractivity (Wildman–Crippen MR) is 82.5 cm³/mol. The van der Waals surface area contributed by atoms with Crippen LogP contribution in [0, 0.1) is 6.92 Å². The number of carbonyl (C=O) groups excluding carboxylic acids is 1. The highest BCUT2D eigenvalue weighted by Gasteiger charge is 2.08. The molecule has 0 aliphatic carbocycles. The van der Waals surface area contributed by atoms with Crippen LogP contribution in [0.15, 0.2) is 54.6 Å². The Morgan fingerprint density at radius 2 is 1.57 bits per heavy atom. The average molecular weight is 283 g/mol. The van der Waals surface area contributed by atoms with Crippen LogP contribution in [-0.4, -0.2) is 12.6 Å². The van der Waals surface area contributed by atoms with Crippen LogP contribution in [0.5, 0.6) is 0 Å². The summed E-state index contributed by atoms with van der Waals surface area (Å²) in [6, 6.07) is 17.3. The second-order valence-corrected chi connectivity index (χ2v) is 4.70. The summed E-state index contributed by atoms with van der Waals surface area (Å²) in [6.07, 6.45) is 2.66. The minimum atomic E-state index is -0.468. The first-order chi connectivity index (χ1) is 10.3. The Morgan fingerprint density at radius 1 is 0.905 bits per heavy atom. The lowest BCUT2D eigenvalue weighted by molar-refractivity contribution is -0.241. The molecule has 0 saturated heterocycles. The number of hydrogen-bond acceptors (Lipinski definition) is 3. The third-order valence-electron chi connectivity index (χ3n) is 3.09. The van der Waals surface area contributed by atoms with Crippen molar-refractivity contribution in [3.63, 3.8) is 0 Å². The predicted octanol–water partition coefficient (Wildman–Crippen LogP) is 4.45. The Kier molecular flexibility index (Phi) is 5.98. The van der Waals surface area contributed by atoms with Crippen LogP contribution in [-0.2, 0) is 9.78 Å². The summed E-state index contributed by atoms with van der Waals surface area (Å²) < 4.78 is 0. The van der Waals surface area contributed by atoms with Crippen LogP contribution in [0.4, 0.5) is 0 Å². The Hall–Kier alpha value is -2.13. The molecule has 1 radical (unpaired) electrons. The molecule has 3 nitrogen and oxygen atoms in total. The van der Waals surface area contributed by atoms with Crippen molar-refractivity contribution >= 4 is 5.97 Å². The Bertz CT molecular complexity index is 546. The summed E-state index contributed by atoms with van der Waals surface area (Å²) in [4.78, 5) is 21.4. The summed E-state index contributed by atoms with van der Waals surface area (Å²) >= 11 is 0. The third kappa shape index (κ3) is 4.72. The van der Waals surface area contributed by atoms with Gasteiger partial charge in [-0.2, -0.15) is 4.89 Å². The van der Waals surface area contributed by atoms with Gasteiger partial charge in [0.2, 0.25) is 0 Å². The molecule has 0 aromatic heterocycles. The van der Waals surface area contributed by atoms with E-state index in [0.717, 1.165) is 30.4 Å². The number of carbonyl (C=O) groups is 1. The van der Waals surface area contributed by atoms with Crippen molar-refractivity contribution in [1.82, 2.24) is 0 Å².